The Morgan fingerprint density at radius 2 is 0.398 bits per heavy atom. The zero-order valence-corrected chi connectivity index (χ0v) is 56.2. The van der Waals surface area contributed by atoms with Gasteiger partial charge in [-0.25, -0.2) is 0 Å². The number of esters is 3. The Bertz CT molecular complexity index is 1380. The summed E-state index contributed by atoms with van der Waals surface area (Å²) in [6.45, 7) is 6.72. The Hall–Kier alpha value is -2.37. The van der Waals surface area contributed by atoms with Gasteiger partial charge in [0.25, 0.3) is 0 Å². The number of carbonyl (C=O) groups excluding carboxylic acids is 3. The molecule has 0 amide bonds. The van der Waals surface area contributed by atoms with Crippen molar-refractivity contribution >= 4 is 17.9 Å². The van der Waals surface area contributed by atoms with Crippen LogP contribution in [0.1, 0.15) is 419 Å². The lowest BCUT2D eigenvalue weighted by atomic mass is 10.0. The first-order chi connectivity index (χ1) is 41.0. The van der Waals surface area contributed by atoms with Crippen molar-refractivity contribution in [2.75, 3.05) is 13.2 Å². The van der Waals surface area contributed by atoms with Crippen LogP contribution in [0.4, 0.5) is 0 Å². The summed E-state index contributed by atoms with van der Waals surface area (Å²) in [6, 6.07) is 0. The number of hydrogen-bond donors (Lipinski definition) is 0. The summed E-state index contributed by atoms with van der Waals surface area (Å²) < 4.78 is 17.1. The maximum Gasteiger partial charge on any atom is 0.306 e. The lowest BCUT2D eigenvalue weighted by molar-refractivity contribution is -0.167. The fourth-order valence-corrected chi connectivity index (χ4v) is 11.4. The summed E-state index contributed by atoms with van der Waals surface area (Å²) in [4.78, 5) is 38.6. The Labute approximate surface area is 518 Å². The molecule has 0 aromatic heterocycles. The van der Waals surface area contributed by atoms with Crippen molar-refractivity contribution in [1.29, 1.82) is 0 Å². The van der Waals surface area contributed by atoms with Crippen molar-refractivity contribution in [1.82, 2.24) is 0 Å². The van der Waals surface area contributed by atoms with Gasteiger partial charge in [0.1, 0.15) is 13.2 Å². The lowest BCUT2D eigenvalue weighted by Gasteiger charge is -2.18. The van der Waals surface area contributed by atoms with Crippen LogP contribution in [0.2, 0.25) is 0 Å². The first-order valence-electron chi connectivity index (χ1n) is 37.5. The van der Waals surface area contributed by atoms with Crippen molar-refractivity contribution < 1.29 is 28.6 Å². The zero-order chi connectivity index (χ0) is 59.9. The van der Waals surface area contributed by atoms with E-state index in [0.29, 0.717) is 19.3 Å². The van der Waals surface area contributed by atoms with Crippen LogP contribution in [0.3, 0.4) is 0 Å². The average molecular weight is 1170 g/mol. The molecule has 0 N–H and O–H groups in total. The highest BCUT2D eigenvalue weighted by Crippen LogP contribution is 2.18. The average Bonchev–Trinajstić information content (AvgIpc) is 3.49. The summed E-state index contributed by atoms with van der Waals surface area (Å²) in [7, 11) is 0. The van der Waals surface area contributed by atoms with E-state index in [0.717, 1.165) is 57.8 Å². The topological polar surface area (TPSA) is 78.9 Å². The van der Waals surface area contributed by atoms with Gasteiger partial charge in [0.15, 0.2) is 6.10 Å². The Balaban J connectivity index is 4.31. The van der Waals surface area contributed by atoms with Crippen LogP contribution < -0.4 is 0 Å². The highest BCUT2D eigenvalue weighted by Gasteiger charge is 2.20. The normalized spacial score (nSPS) is 12.2. The van der Waals surface area contributed by atoms with E-state index in [-0.39, 0.29) is 31.1 Å². The molecule has 0 heterocycles. The molecule has 0 aliphatic carbocycles. The second-order valence-corrected chi connectivity index (χ2v) is 25.6. The van der Waals surface area contributed by atoms with Gasteiger partial charge in [0.05, 0.1) is 0 Å². The highest BCUT2D eigenvalue weighted by atomic mass is 16.6. The van der Waals surface area contributed by atoms with E-state index in [1.807, 2.05) is 0 Å². The van der Waals surface area contributed by atoms with Crippen molar-refractivity contribution in [3.8, 4) is 0 Å². The minimum Gasteiger partial charge on any atom is -0.462 e. The van der Waals surface area contributed by atoms with Crippen LogP contribution in [-0.4, -0.2) is 37.2 Å². The molecule has 0 rings (SSSR count). The van der Waals surface area contributed by atoms with Gasteiger partial charge in [-0.15, -0.1) is 0 Å². The second-order valence-electron chi connectivity index (χ2n) is 25.6. The van der Waals surface area contributed by atoms with Crippen LogP contribution in [0.15, 0.2) is 36.5 Å². The van der Waals surface area contributed by atoms with Gasteiger partial charge < -0.3 is 14.2 Å². The lowest BCUT2D eigenvalue weighted by Crippen LogP contribution is -2.30. The van der Waals surface area contributed by atoms with Gasteiger partial charge in [-0.05, 0) is 96.3 Å². The summed E-state index contributed by atoms with van der Waals surface area (Å²) in [5, 5.41) is 0. The molecule has 0 saturated carbocycles. The van der Waals surface area contributed by atoms with E-state index < -0.39 is 6.10 Å². The van der Waals surface area contributed by atoms with Crippen molar-refractivity contribution in [2.24, 2.45) is 0 Å². The number of carbonyl (C=O) groups is 3. The smallest absolute Gasteiger partial charge is 0.306 e. The SMILES string of the molecule is CCCCCCCC/C=C\CCCCCCCCCCCC(=O)OCC(COC(=O)CCCCCCCCCCCCC/C=C\CCCCCCCCCC)OC(=O)CCCCCCCCCCCCC/C=C\CCCCCCCCCC. The fraction of sp³-hybridized carbons (Fsp3) is 0.883. The first kappa shape index (κ1) is 80.6. The highest BCUT2D eigenvalue weighted by molar-refractivity contribution is 5.71. The summed E-state index contributed by atoms with van der Waals surface area (Å²) in [5.41, 5.74) is 0. The largest absolute Gasteiger partial charge is 0.462 e. The molecule has 0 spiro atoms. The molecule has 0 aliphatic rings. The molecule has 6 nitrogen and oxygen atoms in total. The molecule has 0 radical (unpaired) electrons. The molecule has 0 aliphatic heterocycles. The van der Waals surface area contributed by atoms with Crippen LogP contribution in [-0.2, 0) is 28.6 Å². The number of allylic oxidation sites excluding steroid dienone is 6. The fourth-order valence-electron chi connectivity index (χ4n) is 11.4. The van der Waals surface area contributed by atoms with Gasteiger partial charge in [0.2, 0.25) is 0 Å². The van der Waals surface area contributed by atoms with E-state index >= 15 is 0 Å². The van der Waals surface area contributed by atoms with E-state index in [2.05, 4.69) is 57.2 Å². The number of hydrogen-bond acceptors (Lipinski definition) is 6. The van der Waals surface area contributed by atoms with E-state index in [4.69, 9.17) is 14.2 Å². The van der Waals surface area contributed by atoms with E-state index in [9.17, 15) is 14.4 Å². The molecule has 6 heteroatoms. The molecule has 0 fully saturated rings. The van der Waals surface area contributed by atoms with Gasteiger partial charge in [-0.1, -0.05) is 340 Å². The first-order valence-corrected chi connectivity index (χ1v) is 37.5. The van der Waals surface area contributed by atoms with Gasteiger partial charge >= 0.3 is 17.9 Å². The van der Waals surface area contributed by atoms with Gasteiger partial charge in [-0.2, -0.15) is 0 Å². The molecule has 83 heavy (non-hydrogen) atoms. The third-order valence-electron chi connectivity index (χ3n) is 17.1. The van der Waals surface area contributed by atoms with Crippen LogP contribution in [0, 0.1) is 0 Å². The Kier molecular flexibility index (Phi) is 70.0. The van der Waals surface area contributed by atoms with E-state index in [1.54, 1.807) is 0 Å². The molecule has 0 aromatic carbocycles. The second kappa shape index (κ2) is 72.1. The van der Waals surface area contributed by atoms with Crippen molar-refractivity contribution in [3.63, 3.8) is 0 Å². The summed E-state index contributed by atoms with van der Waals surface area (Å²) in [6.07, 6.45) is 90.3. The Morgan fingerprint density at radius 1 is 0.229 bits per heavy atom. The van der Waals surface area contributed by atoms with Gasteiger partial charge in [-0.3, -0.25) is 14.4 Å². The molecule has 488 valence electrons. The standard InChI is InChI=1S/C77H144O6/c1-4-7-10-13-16-19-22-25-28-31-34-36-38-40-43-46-49-52-55-58-61-64-67-70-76(79)82-73-74(72-81-75(78)69-66-63-60-57-54-51-48-45-42-33-30-27-24-21-18-15-12-9-6-3)83-77(80)71-68-65-62-59-56-53-50-47-44-41-39-37-35-32-29-26-23-20-17-14-11-8-5-2/h27,30-32,34-35,74H,4-26,28-29,33,36-73H2,1-3H3/b30-27-,34-31-,35-32-. The van der Waals surface area contributed by atoms with Crippen LogP contribution >= 0.6 is 0 Å². The van der Waals surface area contributed by atoms with E-state index in [1.165, 1.54) is 321 Å². The maximum absolute atomic E-state index is 13.0. The predicted molar refractivity (Wildman–Crippen MR) is 362 cm³/mol. The molecular formula is C77H144O6. The summed E-state index contributed by atoms with van der Waals surface area (Å²) >= 11 is 0. The Morgan fingerprint density at radius 3 is 0.602 bits per heavy atom. The maximum atomic E-state index is 13.0. The van der Waals surface area contributed by atoms with Crippen LogP contribution in [0.5, 0.6) is 0 Å². The third kappa shape index (κ3) is 70.3. The minimum atomic E-state index is -0.774. The number of rotatable bonds is 70. The molecule has 1 unspecified atom stereocenters. The van der Waals surface area contributed by atoms with Crippen LogP contribution in [0.25, 0.3) is 0 Å². The zero-order valence-electron chi connectivity index (χ0n) is 56.2. The molecule has 0 bridgehead atoms. The number of ether oxygens (including phenoxy) is 3. The minimum absolute atomic E-state index is 0.0691. The molecular weight excluding hydrogens is 1020 g/mol. The molecule has 1 atom stereocenters. The quantitative estimate of drug-likeness (QED) is 0.0261. The van der Waals surface area contributed by atoms with Gasteiger partial charge in [0, 0.05) is 19.3 Å². The number of unbranched alkanes of at least 4 members (excludes halogenated alkanes) is 53. The predicted octanol–water partition coefficient (Wildman–Crippen LogP) is 25.9. The molecule has 0 saturated heterocycles. The molecule has 0 aromatic rings. The third-order valence-corrected chi connectivity index (χ3v) is 17.1. The summed E-state index contributed by atoms with van der Waals surface area (Å²) in [5.74, 6) is -0.841. The monoisotopic (exact) mass is 1170 g/mol. The van der Waals surface area contributed by atoms with Crippen molar-refractivity contribution in [3.05, 3.63) is 36.5 Å². The van der Waals surface area contributed by atoms with Crippen molar-refractivity contribution in [2.45, 2.75) is 425 Å².